The summed E-state index contributed by atoms with van der Waals surface area (Å²) in [6.07, 6.45) is 1.51. The summed E-state index contributed by atoms with van der Waals surface area (Å²) in [5.41, 5.74) is 1.21. The number of benzene rings is 1. The third kappa shape index (κ3) is 3.26. The van der Waals surface area contributed by atoms with Gasteiger partial charge in [0.15, 0.2) is 0 Å². The summed E-state index contributed by atoms with van der Waals surface area (Å²) in [4.78, 5) is 26.2. The van der Waals surface area contributed by atoms with E-state index in [4.69, 9.17) is 4.74 Å². The average Bonchev–Trinajstić information content (AvgIpc) is 3.10. The van der Waals surface area contributed by atoms with Crippen LogP contribution in [0.3, 0.4) is 0 Å². The zero-order chi connectivity index (χ0) is 17.1. The van der Waals surface area contributed by atoms with E-state index in [2.05, 4.69) is 4.37 Å². The van der Waals surface area contributed by atoms with Gasteiger partial charge in [-0.1, -0.05) is 18.2 Å². The molecule has 1 amide bonds. The highest BCUT2D eigenvalue weighted by Crippen LogP contribution is 2.31. The van der Waals surface area contributed by atoms with Gasteiger partial charge in [0.2, 0.25) is 5.88 Å². The molecule has 0 radical (unpaired) electrons. The van der Waals surface area contributed by atoms with Crippen LogP contribution in [0.15, 0.2) is 30.3 Å². The van der Waals surface area contributed by atoms with Crippen molar-refractivity contribution in [3.05, 3.63) is 46.3 Å². The zero-order valence-corrected chi connectivity index (χ0v) is 14.1. The highest BCUT2D eigenvalue weighted by molar-refractivity contribution is 7.08. The number of ether oxygens (including phenoxy) is 1. The molecule has 1 aliphatic heterocycles. The van der Waals surface area contributed by atoms with Gasteiger partial charge in [-0.05, 0) is 41.9 Å². The van der Waals surface area contributed by atoms with E-state index in [-0.39, 0.29) is 11.8 Å². The number of piperidine rings is 1. The first-order chi connectivity index (χ1) is 11.6. The fourth-order valence-electron chi connectivity index (χ4n) is 3.05. The van der Waals surface area contributed by atoms with Crippen LogP contribution in [0.2, 0.25) is 0 Å². The van der Waals surface area contributed by atoms with Crippen LogP contribution in [0.1, 0.15) is 44.4 Å². The maximum atomic E-state index is 12.5. The van der Waals surface area contributed by atoms with Crippen LogP contribution < -0.4 is 4.74 Å². The van der Waals surface area contributed by atoms with Gasteiger partial charge in [0.1, 0.15) is 4.88 Å². The van der Waals surface area contributed by atoms with Gasteiger partial charge in [-0.3, -0.25) is 4.79 Å². The van der Waals surface area contributed by atoms with Crippen LogP contribution in [0, 0.1) is 0 Å². The SMILES string of the molecule is COc1cc(C(=O)N2CCC(c3ccccc3C(=O)O)CC2)sn1. The minimum absolute atomic E-state index is 0.0410. The molecule has 1 N–H and O–H groups in total. The van der Waals surface area contributed by atoms with Crippen molar-refractivity contribution >= 4 is 23.4 Å². The van der Waals surface area contributed by atoms with Gasteiger partial charge in [-0.15, -0.1) is 0 Å². The number of carbonyl (C=O) groups excluding carboxylic acids is 1. The third-order valence-electron chi connectivity index (χ3n) is 4.32. The Hall–Kier alpha value is -2.41. The predicted octanol–water partition coefficient (Wildman–Crippen LogP) is 2.87. The first-order valence-electron chi connectivity index (χ1n) is 7.72. The second-order valence-electron chi connectivity index (χ2n) is 5.69. The molecule has 1 saturated heterocycles. The lowest BCUT2D eigenvalue weighted by molar-refractivity contribution is 0.0681. The van der Waals surface area contributed by atoms with E-state index >= 15 is 0 Å². The number of hydrogen-bond donors (Lipinski definition) is 1. The van der Waals surface area contributed by atoms with E-state index in [0.29, 0.717) is 29.4 Å². The summed E-state index contributed by atoms with van der Waals surface area (Å²) in [5.74, 6) is -0.326. The maximum absolute atomic E-state index is 12.5. The number of carboxylic acids is 1. The molecular weight excluding hydrogens is 328 g/mol. The third-order valence-corrected chi connectivity index (χ3v) is 5.08. The Kier molecular flexibility index (Phi) is 4.80. The van der Waals surface area contributed by atoms with Crippen LogP contribution in [0.4, 0.5) is 0 Å². The summed E-state index contributed by atoms with van der Waals surface area (Å²) in [6, 6.07) is 8.77. The van der Waals surface area contributed by atoms with Gasteiger partial charge in [0, 0.05) is 19.2 Å². The second kappa shape index (κ2) is 7.00. The van der Waals surface area contributed by atoms with Gasteiger partial charge in [-0.2, -0.15) is 4.37 Å². The summed E-state index contributed by atoms with van der Waals surface area (Å²) in [5, 5.41) is 9.33. The Labute approximate surface area is 143 Å². The molecule has 3 rings (SSSR count). The fourth-order valence-corrected chi connectivity index (χ4v) is 3.73. The molecule has 24 heavy (non-hydrogen) atoms. The number of amides is 1. The number of carbonyl (C=O) groups is 2. The van der Waals surface area contributed by atoms with Crippen LogP contribution in [0.25, 0.3) is 0 Å². The molecule has 126 valence electrons. The van der Waals surface area contributed by atoms with Crippen molar-refractivity contribution in [2.24, 2.45) is 0 Å². The number of nitrogens with zero attached hydrogens (tertiary/aromatic N) is 2. The quantitative estimate of drug-likeness (QED) is 0.921. The molecule has 1 aromatic carbocycles. The van der Waals surface area contributed by atoms with Crippen molar-refractivity contribution in [1.82, 2.24) is 9.27 Å². The summed E-state index contributed by atoms with van der Waals surface area (Å²) < 4.78 is 9.07. The molecule has 0 bridgehead atoms. The number of aromatic carboxylic acids is 1. The molecule has 0 aliphatic carbocycles. The number of likely N-dealkylation sites (tertiary alicyclic amines) is 1. The van der Waals surface area contributed by atoms with Crippen molar-refractivity contribution in [2.45, 2.75) is 18.8 Å². The summed E-state index contributed by atoms with van der Waals surface area (Å²) in [7, 11) is 1.52. The van der Waals surface area contributed by atoms with Gasteiger partial charge in [-0.25, -0.2) is 4.79 Å². The van der Waals surface area contributed by atoms with E-state index in [1.54, 1.807) is 23.1 Å². The van der Waals surface area contributed by atoms with E-state index < -0.39 is 5.97 Å². The molecule has 6 nitrogen and oxygen atoms in total. The zero-order valence-electron chi connectivity index (χ0n) is 13.3. The second-order valence-corrected chi connectivity index (χ2v) is 6.50. The van der Waals surface area contributed by atoms with Gasteiger partial charge in [0.05, 0.1) is 12.7 Å². The Balaban J connectivity index is 1.68. The fraction of sp³-hybridized carbons (Fsp3) is 0.353. The largest absolute Gasteiger partial charge is 0.480 e. The molecule has 1 aliphatic rings. The van der Waals surface area contributed by atoms with Crippen molar-refractivity contribution in [1.29, 1.82) is 0 Å². The minimum Gasteiger partial charge on any atom is -0.480 e. The first kappa shape index (κ1) is 16.4. The molecular formula is C17H18N2O4S. The monoisotopic (exact) mass is 346 g/mol. The molecule has 0 unspecified atom stereocenters. The average molecular weight is 346 g/mol. The topological polar surface area (TPSA) is 79.7 Å². The maximum Gasteiger partial charge on any atom is 0.335 e. The predicted molar refractivity (Wildman–Crippen MR) is 89.9 cm³/mol. The number of rotatable bonds is 4. The number of carboxylic acid groups (broad SMARTS) is 1. The van der Waals surface area contributed by atoms with Crippen LogP contribution >= 0.6 is 11.5 Å². The van der Waals surface area contributed by atoms with E-state index in [1.807, 2.05) is 12.1 Å². The minimum atomic E-state index is -0.902. The van der Waals surface area contributed by atoms with Gasteiger partial charge < -0.3 is 14.7 Å². The highest BCUT2D eigenvalue weighted by atomic mass is 32.1. The Morgan fingerprint density at radius 1 is 1.29 bits per heavy atom. The van der Waals surface area contributed by atoms with E-state index in [1.165, 1.54) is 7.11 Å². The van der Waals surface area contributed by atoms with Crippen LogP contribution in [-0.4, -0.2) is 46.5 Å². The summed E-state index contributed by atoms with van der Waals surface area (Å²) >= 11 is 1.14. The lowest BCUT2D eigenvalue weighted by Gasteiger charge is -2.32. The van der Waals surface area contributed by atoms with Crippen LogP contribution in [-0.2, 0) is 0 Å². The molecule has 7 heteroatoms. The van der Waals surface area contributed by atoms with Crippen molar-refractivity contribution in [2.75, 3.05) is 20.2 Å². The smallest absolute Gasteiger partial charge is 0.335 e. The molecule has 0 spiro atoms. The van der Waals surface area contributed by atoms with E-state index in [9.17, 15) is 14.7 Å². The Morgan fingerprint density at radius 2 is 2.00 bits per heavy atom. The Bertz CT molecular complexity index is 751. The van der Waals surface area contributed by atoms with Crippen LogP contribution in [0.5, 0.6) is 5.88 Å². The number of aromatic nitrogens is 1. The normalized spacial score (nSPS) is 15.3. The first-order valence-corrected chi connectivity index (χ1v) is 8.49. The lowest BCUT2D eigenvalue weighted by atomic mass is 9.86. The van der Waals surface area contributed by atoms with Crippen molar-refractivity contribution < 1.29 is 19.4 Å². The molecule has 1 fully saturated rings. The molecule has 1 aromatic heterocycles. The van der Waals surface area contributed by atoms with Gasteiger partial charge >= 0.3 is 5.97 Å². The molecule has 2 aromatic rings. The number of hydrogen-bond acceptors (Lipinski definition) is 5. The number of methoxy groups -OCH3 is 1. The van der Waals surface area contributed by atoms with Crippen molar-refractivity contribution in [3.8, 4) is 5.88 Å². The summed E-state index contributed by atoms with van der Waals surface area (Å²) in [6.45, 7) is 1.22. The molecule has 0 saturated carbocycles. The molecule has 2 heterocycles. The standard InChI is InChI=1S/C17H18N2O4S/c1-23-15-10-14(24-18-15)16(20)19-8-6-11(7-9-19)12-4-2-3-5-13(12)17(21)22/h2-5,10-11H,6-9H2,1H3,(H,21,22). The van der Waals surface area contributed by atoms with E-state index in [0.717, 1.165) is 29.9 Å². The van der Waals surface area contributed by atoms with Crippen molar-refractivity contribution in [3.63, 3.8) is 0 Å². The molecule has 0 atom stereocenters. The lowest BCUT2D eigenvalue weighted by Crippen LogP contribution is -2.37. The van der Waals surface area contributed by atoms with Gasteiger partial charge in [0.25, 0.3) is 5.91 Å². The highest BCUT2D eigenvalue weighted by Gasteiger charge is 2.27. The Morgan fingerprint density at radius 3 is 2.62 bits per heavy atom.